The summed E-state index contributed by atoms with van der Waals surface area (Å²) in [5, 5.41) is 6.15. The lowest BCUT2D eigenvalue weighted by Crippen LogP contribution is -2.53. The predicted molar refractivity (Wildman–Crippen MR) is 133 cm³/mol. The van der Waals surface area contributed by atoms with Crippen molar-refractivity contribution in [3.05, 3.63) is 65.2 Å². The Morgan fingerprint density at radius 2 is 1.82 bits per heavy atom. The zero-order valence-electron chi connectivity index (χ0n) is 21.3. The average molecular weight is 552 g/mol. The van der Waals surface area contributed by atoms with Gasteiger partial charge in [0.05, 0.1) is 30.2 Å². The van der Waals surface area contributed by atoms with Crippen LogP contribution >= 0.6 is 0 Å². The van der Waals surface area contributed by atoms with E-state index in [1.807, 2.05) is 24.3 Å². The van der Waals surface area contributed by atoms with E-state index in [0.29, 0.717) is 19.6 Å². The number of nitrogens with zero attached hydrogens (tertiary/aromatic N) is 1. The molecule has 2 aliphatic heterocycles. The molecule has 39 heavy (non-hydrogen) atoms. The van der Waals surface area contributed by atoms with Gasteiger partial charge < -0.3 is 20.3 Å². The van der Waals surface area contributed by atoms with Gasteiger partial charge in [-0.25, -0.2) is 8.78 Å². The molecular weight excluding hydrogens is 521 g/mol. The first-order valence-electron chi connectivity index (χ1n) is 13.0. The number of hydrogen-bond donors (Lipinski definition) is 2. The van der Waals surface area contributed by atoms with Crippen molar-refractivity contribution in [1.29, 1.82) is 0 Å². The highest BCUT2D eigenvalue weighted by Gasteiger charge is 2.51. The Morgan fingerprint density at radius 1 is 1.10 bits per heavy atom. The van der Waals surface area contributed by atoms with Crippen molar-refractivity contribution in [2.24, 2.45) is 11.8 Å². The Balaban J connectivity index is 1.39. The summed E-state index contributed by atoms with van der Waals surface area (Å²) in [4.78, 5) is 28.5. The average Bonchev–Trinajstić information content (AvgIpc) is 3.35. The van der Waals surface area contributed by atoms with Crippen LogP contribution in [0.25, 0.3) is 0 Å². The normalized spacial score (nSPS) is 27.7. The summed E-state index contributed by atoms with van der Waals surface area (Å²) in [5.41, 5.74) is 0.833. The van der Waals surface area contributed by atoms with Gasteiger partial charge in [0.25, 0.3) is 5.91 Å². The summed E-state index contributed by atoms with van der Waals surface area (Å²) in [7, 11) is 1.60. The van der Waals surface area contributed by atoms with E-state index >= 15 is 0 Å². The van der Waals surface area contributed by atoms with Crippen molar-refractivity contribution in [3.8, 4) is 0 Å². The van der Waals surface area contributed by atoms with Crippen molar-refractivity contribution in [3.63, 3.8) is 0 Å². The quantitative estimate of drug-likeness (QED) is 0.497. The molecule has 2 aromatic carbocycles. The zero-order valence-corrected chi connectivity index (χ0v) is 21.3. The van der Waals surface area contributed by atoms with Gasteiger partial charge in [-0.1, -0.05) is 18.2 Å². The minimum Gasteiger partial charge on any atom is -0.383 e. The topological polar surface area (TPSA) is 70.7 Å². The number of nitrogens with one attached hydrogen (secondary N) is 2. The number of para-hydroxylation sites is 1. The van der Waals surface area contributed by atoms with Gasteiger partial charge in [-0.2, -0.15) is 13.2 Å². The molecule has 1 saturated carbocycles. The number of rotatable bonds is 5. The fourth-order valence-electron chi connectivity index (χ4n) is 6.26. The van der Waals surface area contributed by atoms with E-state index in [2.05, 4.69) is 10.6 Å². The fraction of sp³-hybridized carbons (Fsp3) is 0.500. The van der Waals surface area contributed by atoms with Crippen molar-refractivity contribution in [2.75, 3.05) is 25.6 Å². The van der Waals surface area contributed by atoms with Crippen LogP contribution < -0.4 is 10.6 Å². The highest BCUT2D eigenvalue weighted by Crippen LogP contribution is 2.48. The minimum absolute atomic E-state index is 0.0214. The van der Waals surface area contributed by atoms with Crippen molar-refractivity contribution < 1.29 is 36.3 Å². The molecular formula is C28H30F5N3O3. The summed E-state index contributed by atoms with van der Waals surface area (Å²) < 4.78 is 73.3. The fourth-order valence-corrected chi connectivity index (χ4v) is 6.26. The van der Waals surface area contributed by atoms with Crippen LogP contribution in [0.15, 0.2) is 48.5 Å². The second-order valence-electron chi connectivity index (χ2n) is 10.6. The number of amides is 2. The molecule has 1 saturated heterocycles. The third kappa shape index (κ3) is 5.46. The van der Waals surface area contributed by atoms with Crippen molar-refractivity contribution in [1.82, 2.24) is 10.2 Å². The summed E-state index contributed by atoms with van der Waals surface area (Å²) >= 11 is 0. The first kappa shape index (κ1) is 27.4. The number of hydrogen-bond acceptors (Lipinski definition) is 4. The molecule has 6 nitrogen and oxygen atoms in total. The molecule has 5 atom stereocenters. The first-order valence-corrected chi connectivity index (χ1v) is 13.0. The Kier molecular flexibility index (Phi) is 7.30. The van der Waals surface area contributed by atoms with Crippen LogP contribution in [0.5, 0.6) is 0 Å². The molecule has 0 aromatic heterocycles. The van der Waals surface area contributed by atoms with Gasteiger partial charge in [-0.15, -0.1) is 0 Å². The molecule has 5 rings (SSSR count). The lowest BCUT2D eigenvalue weighted by atomic mass is 9.79. The predicted octanol–water partition coefficient (Wildman–Crippen LogP) is 5.27. The van der Waals surface area contributed by atoms with Gasteiger partial charge in [-0.3, -0.25) is 9.59 Å². The van der Waals surface area contributed by atoms with E-state index in [0.717, 1.165) is 35.5 Å². The number of carbonyl (C=O) groups is 2. The van der Waals surface area contributed by atoms with E-state index < -0.39 is 54.3 Å². The molecule has 11 heteroatoms. The monoisotopic (exact) mass is 551 g/mol. The summed E-state index contributed by atoms with van der Waals surface area (Å²) in [6.07, 6.45) is -5.22. The number of anilines is 1. The lowest BCUT2D eigenvalue weighted by Gasteiger charge is -2.42. The molecule has 0 unspecified atom stereocenters. The smallest absolute Gasteiger partial charge is 0.383 e. The number of carbonyl (C=O) groups excluding carboxylic acids is 2. The molecule has 3 aliphatic rings. The molecule has 0 bridgehead atoms. The molecule has 2 N–H and O–H groups in total. The molecule has 210 valence electrons. The molecule has 0 spiro atoms. The first-order chi connectivity index (χ1) is 18.5. The summed E-state index contributed by atoms with van der Waals surface area (Å²) in [6, 6.07) is 10.0. The molecule has 2 aromatic rings. The van der Waals surface area contributed by atoms with Crippen molar-refractivity contribution in [2.45, 2.75) is 55.9 Å². The molecule has 0 radical (unpaired) electrons. The van der Waals surface area contributed by atoms with E-state index in [9.17, 15) is 31.5 Å². The third-order valence-corrected chi connectivity index (χ3v) is 8.14. The Labute approximate surface area is 222 Å². The minimum atomic E-state index is -4.55. The maximum Gasteiger partial charge on any atom is 0.416 e. The number of likely N-dealkylation sites (tertiary alicyclic amines) is 1. The molecule has 2 amide bonds. The summed E-state index contributed by atoms with van der Waals surface area (Å²) in [6.45, 7) is 0.802. The van der Waals surface area contributed by atoms with E-state index in [4.69, 9.17) is 4.74 Å². The number of ether oxygens (including phenoxy) is 1. The SMILES string of the molecule is COC[C@@H]1Nc2ccccc2[C@H]2[C@@H]1CCN2C(=O)[C@H]1CC(F)(F)CC[C@H]1NC(=O)c1ccc(C(F)(F)F)cc1. The van der Waals surface area contributed by atoms with E-state index in [-0.39, 0.29) is 30.0 Å². The number of fused-ring (bicyclic) bond motifs is 3. The number of benzene rings is 2. The number of alkyl halides is 5. The number of halogens is 5. The van der Waals surface area contributed by atoms with Gasteiger partial charge in [0, 0.05) is 49.7 Å². The largest absolute Gasteiger partial charge is 0.416 e. The zero-order chi connectivity index (χ0) is 27.9. The second kappa shape index (κ2) is 10.4. The van der Waals surface area contributed by atoms with Crippen LogP contribution in [0.3, 0.4) is 0 Å². The summed E-state index contributed by atoms with van der Waals surface area (Å²) in [5.74, 6) is -5.38. The maximum absolute atomic E-state index is 14.6. The maximum atomic E-state index is 14.6. The molecule has 2 fully saturated rings. The third-order valence-electron chi connectivity index (χ3n) is 8.14. The van der Waals surface area contributed by atoms with Crippen LogP contribution in [-0.2, 0) is 15.7 Å². The van der Waals surface area contributed by atoms with E-state index in [1.165, 1.54) is 0 Å². The molecule has 1 aliphatic carbocycles. The lowest BCUT2D eigenvalue weighted by molar-refractivity contribution is -0.146. The van der Waals surface area contributed by atoms with Crippen molar-refractivity contribution >= 4 is 17.5 Å². The number of methoxy groups -OCH3 is 1. The molecule has 2 heterocycles. The van der Waals surface area contributed by atoms with Crippen LogP contribution in [0.2, 0.25) is 0 Å². The Morgan fingerprint density at radius 3 is 2.51 bits per heavy atom. The van der Waals surface area contributed by atoms with Crippen LogP contribution in [-0.4, -0.2) is 55.0 Å². The van der Waals surface area contributed by atoms with Gasteiger partial charge in [0.1, 0.15) is 0 Å². The van der Waals surface area contributed by atoms with Crippen LogP contribution in [0.4, 0.5) is 27.6 Å². The Hall–Kier alpha value is -3.21. The van der Waals surface area contributed by atoms with Gasteiger partial charge in [-0.05, 0) is 48.7 Å². The highest BCUT2D eigenvalue weighted by molar-refractivity contribution is 5.95. The van der Waals surface area contributed by atoms with Gasteiger partial charge in [0.15, 0.2) is 0 Å². The van der Waals surface area contributed by atoms with Crippen LogP contribution in [0.1, 0.15) is 53.2 Å². The van der Waals surface area contributed by atoms with Crippen LogP contribution in [0, 0.1) is 11.8 Å². The van der Waals surface area contributed by atoms with Gasteiger partial charge in [0.2, 0.25) is 11.8 Å². The van der Waals surface area contributed by atoms with Gasteiger partial charge >= 0.3 is 6.18 Å². The second-order valence-corrected chi connectivity index (χ2v) is 10.6. The highest BCUT2D eigenvalue weighted by atomic mass is 19.4. The Bertz CT molecular complexity index is 1220. The van der Waals surface area contributed by atoms with E-state index in [1.54, 1.807) is 12.0 Å². The standard InChI is InChI=1S/C28H30F5N3O3/c1-39-15-23-19-11-13-36(24(19)18-4-2-3-5-21(18)34-23)26(38)20-14-27(29,30)12-10-22(20)35-25(37)16-6-8-17(9-7-16)28(31,32)33/h2-9,19-20,22-24,34H,10-15H2,1H3,(H,35,37)/t19-,20+,22-,23+,24+/m1/s1.